The average Bonchev–Trinajstić information content (AvgIpc) is 3.50. The number of alkyl halides is 3. The summed E-state index contributed by atoms with van der Waals surface area (Å²) in [7, 11) is 0. The highest BCUT2D eigenvalue weighted by Crippen LogP contribution is 2.43. The largest absolute Gasteiger partial charge is 0.346 e. The van der Waals surface area contributed by atoms with E-state index in [0.717, 1.165) is 37.7 Å². The standard InChI is InChI=1S/C27H32F3N7O3/c1-14-22(36-40-35-14)26(39)34-24(17-7-9-27(29,30)10-8-17)19-13-37-20(32-19)11-18(12-31-37)23(16-5-6-16)33-25(38)21(28)15-3-2-4-15/h11-13,15-17,21,23-24H,2-10H2,1H3,(H,33,38)(H,34,39)/t21-,23?,24-/m0/s1. The SMILES string of the molecule is Cc1nonc1C(=O)N[C@H](c1cn2ncc(C(NC(=O)[C@@H](F)C3CCC3)C3CC3)cc2n1)C1CCC(F)(F)CC1. The molecule has 6 rings (SSSR count). The Morgan fingerprint density at radius 2 is 1.75 bits per heavy atom. The van der Waals surface area contributed by atoms with E-state index in [-0.39, 0.29) is 55.2 Å². The minimum atomic E-state index is -2.73. The molecule has 3 atom stereocenters. The topological polar surface area (TPSA) is 127 Å². The van der Waals surface area contributed by atoms with Gasteiger partial charge >= 0.3 is 0 Å². The molecule has 40 heavy (non-hydrogen) atoms. The Morgan fingerprint density at radius 1 is 1.02 bits per heavy atom. The molecule has 3 aromatic rings. The summed E-state index contributed by atoms with van der Waals surface area (Å²) in [5.41, 5.74) is 2.01. The molecule has 0 saturated heterocycles. The highest BCUT2D eigenvalue weighted by molar-refractivity contribution is 5.93. The van der Waals surface area contributed by atoms with Gasteiger partial charge in [0.1, 0.15) is 5.69 Å². The summed E-state index contributed by atoms with van der Waals surface area (Å²) in [6.07, 6.45) is 5.93. The van der Waals surface area contributed by atoms with Gasteiger partial charge in [0.15, 0.2) is 17.5 Å². The molecule has 3 aliphatic rings. The van der Waals surface area contributed by atoms with E-state index in [1.807, 2.05) is 0 Å². The van der Waals surface area contributed by atoms with Crippen molar-refractivity contribution in [3.63, 3.8) is 0 Å². The van der Waals surface area contributed by atoms with E-state index in [1.54, 1.807) is 29.9 Å². The minimum Gasteiger partial charge on any atom is -0.346 e. The molecule has 214 valence electrons. The summed E-state index contributed by atoms with van der Waals surface area (Å²) in [6, 6.07) is 0.761. The van der Waals surface area contributed by atoms with E-state index in [4.69, 9.17) is 4.98 Å². The van der Waals surface area contributed by atoms with Crippen molar-refractivity contribution in [3.05, 3.63) is 41.1 Å². The number of halogens is 3. The smallest absolute Gasteiger partial charge is 0.276 e. The number of carbonyl (C=O) groups is 2. The van der Waals surface area contributed by atoms with Gasteiger partial charge in [-0.15, -0.1) is 0 Å². The molecule has 0 radical (unpaired) electrons. The first-order chi connectivity index (χ1) is 19.2. The van der Waals surface area contributed by atoms with Crippen LogP contribution < -0.4 is 10.6 Å². The van der Waals surface area contributed by atoms with Crippen molar-refractivity contribution in [2.45, 2.75) is 88.9 Å². The number of imidazole rings is 1. The molecule has 0 aliphatic heterocycles. The van der Waals surface area contributed by atoms with Crippen LogP contribution in [0.5, 0.6) is 0 Å². The first-order valence-corrected chi connectivity index (χ1v) is 14.0. The lowest BCUT2D eigenvalue weighted by molar-refractivity contribution is -0.130. The summed E-state index contributed by atoms with van der Waals surface area (Å²) >= 11 is 0. The maximum absolute atomic E-state index is 14.7. The number of aryl methyl sites for hydroxylation is 1. The van der Waals surface area contributed by atoms with Crippen molar-refractivity contribution in [3.8, 4) is 0 Å². The van der Waals surface area contributed by atoms with Crippen molar-refractivity contribution >= 4 is 17.5 Å². The number of fused-ring (bicyclic) bond motifs is 1. The Balaban J connectivity index is 1.26. The Kier molecular flexibility index (Phi) is 6.99. The van der Waals surface area contributed by atoms with Gasteiger partial charge in [-0.2, -0.15) is 5.10 Å². The van der Waals surface area contributed by atoms with E-state index in [9.17, 15) is 22.8 Å². The maximum atomic E-state index is 14.7. The van der Waals surface area contributed by atoms with Crippen molar-refractivity contribution in [1.29, 1.82) is 0 Å². The fourth-order valence-corrected chi connectivity index (χ4v) is 5.79. The molecule has 0 spiro atoms. The van der Waals surface area contributed by atoms with E-state index in [2.05, 4.69) is 30.7 Å². The first-order valence-electron chi connectivity index (χ1n) is 14.0. The van der Waals surface area contributed by atoms with Crippen molar-refractivity contribution < 1.29 is 27.4 Å². The molecule has 3 saturated carbocycles. The van der Waals surface area contributed by atoms with Gasteiger partial charge in [0.25, 0.3) is 11.8 Å². The zero-order valence-electron chi connectivity index (χ0n) is 22.2. The van der Waals surface area contributed by atoms with Crippen LogP contribution in [0.15, 0.2) is 23.1 Å². The van der Waals surface area contributed by atoms with Crippen LogP contribution in [0, 0.1) is 24.7 Å². The summed E-state index contributed by atoms with van der Waals surface area (Å²) in [4.78, 5) is 30.4. The number of hydrogen-bond acceptors (Lipinski definition) is 7. The second-order valence-electron chi connectivity index (χ2n) is 11.5. The van der Waals surface area contributed by atoms with Crippen LogP contribution >= 0.6 is 0 Å². The third kappa shape index (κ3) is 5.42. The molecule has 3 fully saturated rings. The van der Waals surface area contributed by atoms with Gasteiger partial charge in [0, 0.05) is 12.8 Å². The van der Waals surface area contributed by atoms with Crippen LogP contribution in [-0.2, 0) is 4.79 Å². The predicted octanol–water partition coefficient (Wildman–Crippen LogP) is 4.42. The van der Waals surface area contributed by atoms with Gasteiger partial charge in [-0.05, 0) is 80.0 Å². The quantitative estimate of drug-likeness (QED) is 0.397. The van der Waals surface area contributed by atoms with Gasteiger partial charge in [0.05, 0.1) is 30.2 Å². The van der Waals surface area contributed by atoms with Crippen molar-refractivity contribution in [1.82, 2.24) is 35.5 Å². The number of carbonyl (C=O) groups excluding carboxylic acids is 2. The van der Waals surface area contributed by atoms with Crippen molar-refractivity contribution in [2.75, 3.05) is 0 Å². The highest BCUT2D eigenvalue weighted by Gasteiger charge is 2.41. The Hall–Kier alpha value is -3.51. The molecular weight excluding hydrogens is 527 g/mol. The molecule has 10 nitrogen and oxygen atoms in total. The third-order valence-electron chi connectivity index (χ3n) is 8.63. The van der Waals surface area contributed by atoms with Crippen LogP contribution in [0.1, 0.15) is 97.3 Å². The summed E-state index contributed by atoms with van der Waals surface area (Å²) in [5, 5.41) is 17.6. The minimum absolute atomic E-state index is 0.0198. The number of aromatic nitrogens is 5. The number of amides is 2. The Bertz CT molecular complexity index is 1390. The zero-order chi connectivity index (χ0) is 28.0. The lowest BCUT2D eigenvalue weighted by atomic mass is 9.81. The molecule has 3 aliphatic carbocycles. The van der Waals surface area contributed by atoms with E-state index >= 15 is 0 Å². The maximum Gasteiger partial charge on any atom is 0.276 e. The number of hydrogen-bond donors (Lipinski definition) is 2. The fourth-order valence-electron chi connectivity index (χ4n) is 5.79. The number of nitrogens with zero attached hydrogens (tertiary/aromatic N) is 5. The summed E-state index contributed by atoms with van der Waals surface area (Å²) in [6.45, 7) is 1.59. The fraction of sp³-hybridized carbons (Fsp3) is 0.630. The Morgan fingerprint density at radius 3 is 2.38 bits per heavy atom. The van der Waals surface area contributed by atoms with Gasteiger partial charge < -0.3 is 10.6 Å². The van der Waals surface area contributed by atoms with Gasteiger partial charge in [-0.25, -0.2) is 27.3 Å². The second kappa shape index (κ2) is 10.5. The Labute approximate surface area is 228 Å². The highest BCUT2D eigenvalue weighted by atomic mass is 19.3. The first kappa shape index (κ1) is 26.7. The van der Waals surface area contributed by atoms with Crippen LogP contribution in [0.3, 0.4) is 0 Å². The lowest BCUT2D eigenvalue weighted by Crippen LogP contribution is -2.41. The number of nitrogens with one attached hydrogen (secondary N) is 2. The molecule has 2 N–H and O–H groups in total. The molecule has 3 aromatic heterocycles. The third-order valence-corrected chi connectivity index (χ3v) is 8.63. The van der Waals surface area contributed by atoms with Crippen molar-refractivity contribution in [2.24, 2.45) is 17.8 Å². The van der Waals surface area contributed by atoms with Gasteiger partial charge in [-0.1, -0.05) is 11.6 Å². The van der Waals surface area contributed by atoms with E-state index < -0.39 is 30.0 Å². The van der Waals surface area contributed by atoms with E-state index in [0.29, 0.717) is 17.0 Å². The molecule has 2 amide bonds. The van der Waals surface area contributed by atoms with Crippen LogP contribution in [0.25, 0.3) is 5.65 Å². The normalized spacial score (nSPS) is 21.9. The van der Waals surface area contributed by atoms with Crippen LogP contribution in [0.2, 0.25) is 0 Å². The molecule has 1 unspecified atom stereocenters. The molecular formula is C27H32F3N7O3. The second-order valence-corrected chi connectivity index (χ2v) is 11.5. The summed E-state index contributed by atoms with van der Waals surface area (Å²) in [5.74, 6) is -4.13. The van der Waals surface area contributed by atoms with Gasteiger partial charge in [-0.3, -0.25) is 9.59 Å². The zero-order valence-corrected chi connectivity index (χ0v) is 22.2. The number of rotatable bonds is 9. The van der Waals surface area contributed by atoms with Crippen LogP contribution in [-0.4, -0.2) is 48.8 Å². The van der Waals surface area contributed by atoms with Gasteiger partial charge in [0.2, 0.25) is 5.92 Å². The molecule has 0 aromatic carbocycles. The average molecular weight is 560 g/mol. The molecule has 0 bridgehead atoms. The lowest BCUT2D eigenvalue weighted by Gasteiger charge is -2.33. The van der Waals surface area contributed by atoms with E-state index in [1.165, 1.54) is 0 Å². The molecule has 3 heterocycles. The monoisotopic (exact) mass is 559 g/mol. The summed E-state index contributed by atoms with van der Waals surface area (Å²) < 4.78 is 48.8. The van der Waals surface area contributed by atoms with Crippen LogP contribution in [0.4, 0.5) is 13.2 Å². The predicted molar refractivity (Wildman–Crippen MR) is 135 cm³/mol. The molecule has 13 heteroatoms.